The van der Waals surface area contributed by atoms with Crippen molar-refractivity contribution in [2.24, 2.45) is 0 Å². The summed E-state index contributed by atoms with van der Waals surface area (Å²) in [6.07, 6.45) is 5.05. The number of hydrogen-bond acceptors (Lipinski definition) is 5. The molecule has 4 rings (SSSR count). The van der Waals surface area contributed by atoms with E-state index in [1.54, 1.807) is 17.7 Å². The molecule has 4 nitrogen and oxygen atoms in total. The highest BCUT2D eigenvalue weighted by Gasteiger charge is 2.28. The topological polar surface area (TPSA) is 47.0 Å². The number of fused-ring (bicyclic) bond motifs is 1. The van der Waals surface area contributed by atoms with Gasteiger partial charge in [-0.25, -0.2) is 9.97 Å². The third-order valence-corrected chi connectivity index (χ3v) is 5.70. The van der Waals surface area contributed by atoms with Gasteiger partial charge in [0.15, 0.2) is 0 Å². The lowest BCUT2D eigenvalue weighted by Gasteiger charge is -2.25. The maximum atomic E-state index is 5.98. The van der Waals surface area contributed by atoms with Crippen LogP contribution < -0.4 is 5.32 Å². The van der Waals surface area contributed by atoms with E-state index in [-0.39, 0.29) is 12.1 Å². The van der Waals surface area contributed by atoms with E-state index in [0.717, 1.165) is 41.9 Å². The van der Waals surface area contributed by atoms with Crippen LogP contribution in [0.3, 0.4) is 0 Å². The predicted molar refractivity (Wildman–Crippen MR) is 98.6 cm³/mol. The molecule has 1 fully saturated rings. The summed E-state index contributed by atoms with van der Waals surface area (Å²) < 4.78 is 5.98. The number of anilines is 1. The van der Waals surface area contributed by atoms with Crippen molar-refractivity contribution in [3.8, 4) is 0 Å². The smallest absolute Gasteiger partial charge is 0.138 e. The zero-order valence-electron chi connectivity index (χ0n) is 13.7. The van der Waals surface area contributed by atoms with Crippen LogP contribution in [0.25, 0.3) is 10.2 Å². The number of thiophene rings is 1. The summed E-state index contributed by atoms with van der Waals surface area (Å²) in [4.78, 5) is 11.3. The van der Waals surface area contributed by atoms with Gasteiger partial charge in [-0.05, 0) is 30.9 Å². The summed E-state index contributed by atoms with van der Waals surface area (Å²) in [5, 5.41) is 4.76. The van der Waals surface area contributed by atoms with Crippen LogP contribution in [0.15, 0.2) is 42.7 Å². The molecule has 24 heavy (non-hydrogen) atoms. The van der Waals surface area contributed by atoms with Crippen molar-refractivity contribution in [2.75, 3.05) is 11.9 Å². The largest absolute Gasteiger partial charge is 0.376 e. The van der Waals surface area contributed by atoms with Crippen LogP contribution in [0.2, 0.25) is 0 Å². The molecule has 2 atom stereocenters. The molecule has 3 heterocycles. The molecule has 0 unspecified atom stereocenters. The van der Waals surface area contributed by atoms with Gasteiger partial charge in [-0.2, -0.15) is 0 Å². The van der Waals surface area contributed by atoms with E-state index >= 15 is 0 Å². The Morgan fingerprint density at radius 3 is 2.92 bits per heavy atom. The van der Waals surface area contributed by atoms with Crippen molar-refractivity contribution in [1.82, 2.24) is 9.97 Å². The van der Waals surface area contributed by atoms with Gasteiger partial charge < -0.3 is 10.1 Å². The average molecular weight is 339 g/mol. The van der Waals surface area contributed by atoms with Crippen LogP contribution in [-0.4, -0.2) is 22.7 Å². The van der Waals surface area contributed by atoms with Crippen LogP contribution in [0.4, 0.5) is 5.82 Å². The maximum Gasteiger partial charge on any atom is 0.138 e. The van der Waals surface area contributed by atoms with Gasteiger partial charge >= 0.3 is 0 Å². The summed E-state index contributed by atoms with van der Waals surface area (Å²) >= 11 is 1.74. The SMILES string of the molecule is CCc1cc2c(N[C@H](c3ccccc3)[C@H]3CCCO3)ncnc2s1. The van der Waals surface area contributed by atoms with Crippen LogP contribution in [0.1, 0.15) is 36.2 Å². The summed E-state index contributed by atoms with van der Waals surface area (Å²) in [6, 6.07) is 12.8. The number of nitrogens with zero attached hydrogens (tertiary/aromatic N) is 2. The summed E-state index contributed by atoms with van der Waals surface area (Å²) in [5.41, 5.74) is 1.24. The van der Waals surface area contributed by atoms with Crippen molar-refractivity contribution in [3.63, 3.8) is 0 Å². The van der Waals surface area contributed by atoms with Crippen LogP contribution in [0, 0.1) is 0 Å². The molecule has 124 valence electrons. The second-order valence-corrected chi connectivity index (χ2v) is 7.21. The average Bonchev–Trinajstić information content (AvgIpc) is 3.30. The minimum Gasteiger partial charge on any atom is -0.376 e. The highest BCUT2D eigenvalue weighted by molar-refractivity contribution is 7.18. The minimum absolute atomic E-state index is 0.108. The third kappa shape index (κ3) is 3.01. The fourth-order valence-corrected chi connectivity index (χ4v) is 4.19. The fourth-order valence-electron chi connectivity index (χ4n) is 3.26. The van der Waals surface area contributed by atoms with Crippen LogP contribution in [0.5, 0.6) is 0 Å². The molecule has 0 bridgehead atoms. The molecule has 0 saturated carbocycles. The van der Waals surface area contributed by atoms with Crippen molar-refractivity contribution in [1.29, 1.82) is 0 Å². The number of hydrogen-bond donors (Lipinski definition) is 1. The third-order valence-electron chi connectivity index (χ3n) is 4.52. The Labute approximate surface area is 145 Å². The number of aryl methyl sites for hydroxylation is 1. The molecule has 1 aliphatic rings. The lowest BCUT2D eigenvalue weighted by atomic mass is 9.99. The highest BCUT2D eigenvalue weighted by Crippen LogP contribution is 2.34. The lowest BCUT2D eigenvalue weighted by molar-refractivity contribution is 0.0953. The van der Waals surface area contributed by atoms with Gasteiger partial charge in [0, 0.05) is 11.5 Å². The molecule has 3 aromatic rings. The zero-order valence-corrected chi connectivity index (χ0v) is 14.6. The summed E-state index contributed by atoms with van der Waals surface area (Å²) in [5.74, 6) is 0.903. The Hall–Kier alpha value is -1.98. The van der Waals surface area contributed by atoms with E-state index in [2.05, 4.69) is 52.5 Å². The number of benzene rings is 1. The minimum atomic E-state index is 0.108. The number of rotatable bonds is 5. The molecule has 1 aromatic carbocycles. The van der Waals surface area contributed by atoms with Crippen molar-refractivity contribution < 1.29 is 4.74 Å². The van der Waals surface area contributed by atoms with Crippen molar-refractivity contribution >= 4 is 27.4 Å². The Balaban J connectivity index is 1.71. The van der Waals surface area contributed by atoms with Crippen LogP contribution in [-0.2, 0) is 11.2 Å². The van der Waals surface area contributed by atoms with Crippen molar-refractivity contribution in [3.05, 3.63) is 53.2 Å². The first-order valence-electron chi connectivity index (χ1n) is 8.51. The first-order valence-corrected chi connectivity index (χ1v) is 9.33. The van der Waals surface area contributed by atoms with Crippen molar-refractivity contribution in [2.45, 2.75) is 38.3 Å². The molecule has 0 spiro atoms. The van der Waals surface area contributed by atoms with E-state index in [0.29, 0.717) is 0 Å². The van der Waals surface area contributed by atoms with Gasteiger partial charge in [0.05, 0.1) is 17.5 Å². The molecule has 1 N–H and O–H groups in total. The summed E-state index contributed by atoms with van der Waals surface area (Å²) in [7, 11) is 0. The monoisotopic (exact) mass is 339 g/mol. The van der Waals surface area contributed by atoms with Gasteiger partial charge in [0.1, 0.15) is 17.0 Å². The second kappa shape index (κ2) is 6.87. The molecule has 2 aromatic heterocycles. The maximum absolute atomic E-state index is 5.98. The first-order chi connectivity index (χ1) is 11.8. The molecule has 0 amide bonds. The Morgan fingerprint density at radius 1 is 1.29 bits per heavy atom. The van der Waals surface area contributed by atoms with E-state index in [9.17, 15) is 0 Å². The van der Waals surface area contributed by atoms with Gasteiger partial charge in [-0.1, -0.05) is 37.3 Å². The zero-order chi connectivity index (χ0) is 16.4. The van der Waals surface area contributed by atoms with Crippen LogP contribution >= 0.6 is 11.3 Å². The normalized spacial score (nSPS) is 18.8. The van der Waals surface area contributed by atoms with Gasteiger partial charge in [-0.3, -0.25) is 0 Å². The highest BCUT2D eigenvalue weighted by atomic mass is 32.1. The number of aromatic nitrogens is 2. The standard InChI is InChI=1S/C19H21N3OS/c1-2-14-11-15-18(20-12-21-19(15)24-14)22-17(16-9-6-10-23-16)13-7-4-3-5-8-13/h3-5,7-8,11-12,16-17H,2,6,9-10H2,1H3,(H,20,21,22)/t16-,17-/m1/s1. The quantitative estimate of drug-likeness (QED) is 0.739. The van der Waals surface area contributed by atoms with E-state index in [4.69, 9.17) is 4.74 Å². The molecular formula is C19H21N3OS. The number of ether oxygens (including phenoxy) is 1. The van der Waals surface area contributed by atoms with E-state index in [1.165, 1.54) is 10.4 Å². The molecular weight excluding hydrogens is 318 g/mol. The Bertz CT molecular complexity index is 812. The fraction of sp³-hybridized carbons (Fsp3) is 0.368. The Kier molecular flexibility index (Phi) is 4.45. The molecule has 1 aliphatic heterocycles. The first kappa shape index (κ1) is 15.5. The Morgan fingerprint density at radius 2 is 2.17 bits per heavy atom. The second-order valence-electron chi connectivity index (χ2n) is 6.09. The molecule has 5 heteroatoms. The van der Waals surface area contributed by atoms with E-state index < -0.39 is 0 Å². The molecule has 0 aliphatic carbocycles. The lowest BCUT2D eigenvalue weighted by Crippen LogP contribution is -2.25. The van der Waals surface area contributed by atoms with Gasteiger partial charge in [0.2, 0.25) is 0 Å². The van der Waals surface area contributed by atoms with E-state index in [1.807, 2.05) is 6.07 Å². The summed E-state index contributed by atoms with van der Waals surface area (Å²) in [6.45, 7) is 3.01. The molecule has 0 radical (unpaired) electrons. The molecule has 1 saturated heterocycles. The van der Waals surface area contributed by atoms with Gasteiger partial charge in [-0.15, -0.1) is 11.3 Å². The number of nitrogens with one attached hydrogen (secondary N) is 1. The predicted octanol–water partition coefficient (Wildman–Crippen LogP) is 4.59. The van der Waals surface area contributed by atoms with Gasteiger partial charge in [0.25, 0.3) is 0 Å².